The zero-order chi connectivity index (χ0) is 22.1. The molecule has 2 aliphatic rings. The summed E-state index contributed by atoms with van der Waals surface area (Å²) < 4.78 is 62.0. The van der Waals surface area contributed by atoms with Gasteiger partial charge in [0.05, 0.1) is 7.11 Å². The Balaban J connectivity index is 1.86. The SMILES string of the molecule is C=C(F)COC(=O)[C@@H]1C[C@]2([C@@H](C)Cc3cc(F)c(OC)cc3F)OCOC2=CC1=O. The van der Waals surface area contributed by atoms with Gasteiger partial charge in [-0.15, -0.1) is 0 Å². The van der Waals surface area contributed by atoms with E-state index in [0.29, 0.717) is 0 Å². The molecule has 30 heavy (non-hydrogen) atoms. The van der Waals surface area contributed by atoms with E-state index in [2.05, 4.69) is 6.58 Å². The largest absolute Gasteiger partial charge is 0.494 e. The lowest BCUT2D eigenvalue weighted by molar-refractivity contribution is -0.155. The second-order valence-electron chi connectivity index (χ2n) is 7.27. The molecule has 9 heteroatoms. The number of benzene rings is 1. The van der Waals surface area contributed by atoms with Gasteiger partial charge in [-0.05, 0) is 24.0 Å². The van der Waals surface area contributed by atoms with E-state index in [9.17, 15) is 22.8 Å². The second-order valence-corrected chi connectivity index (χ2v) is 7.27. The highest BCUT2D eigenvalue weighted by atomic mass is 19.1. The third-order valence-electron chi connectivity index (χ3n) is 5.37. The van der Waals surface area contributed by atoms with E-state index in [4.69, 9.17) is 18.9 Å². The molecule has 0 aromatic heterocycles. The fraction of sp³-hybridized carbons (Fsp3) is 0.429. The number of esters is 1. The van der Waals surface area contributed by atoms with Crippen molar-refractivity contribution in [2.75, 3.05) is 20.5 Å². The average molecular weight is 426 g/mol. The molecule has 0 radical (unpaired) electrons. The van der Waals surface area contributed by atoms with Gasteiger partial charge in [-0.3, -0.25) is 9.59 Å². The topological polar surface area (TPSA) is 71.1 Å². The van der Waals surface area contributed by atoms with Crippen molar-refractivity contribution in [3.63, 3.8) is 0 Å². The molecule has 0 spiro atoms. The summed E-state index contributed by atoms with van der Waals surface area (Å²) in [5.74, 6) is -5.47. The monoisotopic (exact) mass is 426 g/mol. The standard InChI is InChI=1S/C21H21F3O6/c1-11(4-13-5-16(24)18(27-3)6-15(13)23)21-8-14(20(26)28-9-12(2)22)17(25)7-19(21)29-10-30-21/h5-7,11,14H,2,4,8-10H2,1,3H3/t11-,14+,21+/m0/s1. The maximum absolute atomic E-state index is 14.4. The Kier molecular flexibility index (Phi) is 6.21. The summed E-state index contributed by atoms with van der Waals surface area (Å²) in [4.78, 5) is 24.7. The third kappa shape index (κ3) is 4.07. The van der Waals surface area contributed by atoms with E-state index in [0.717, 1.165) is 18.2 Å². The van der Waals surface area contributed by atoms with Crippen molar-refractivity contribution in [2.24, 2.45) is 11.8 Å². The number of hydrogen-bond acceptors (Lipinski definition) is 6. The third-order valence-corrected chi connectivity index (χ3v) is 5.37. The van der Waals surface area contributed by atoms with E-state index in [1.54, 1.807) is 6.92 Å². The Hall–Kier alpha value is -2.81. The second kappa shape index (κ2) is 8.51. The van der Waals surface area contributed by atoms with Crippen LogP contribution in [-0.2, 0) is 30.2 Å². The molecular formula is C21H21F3O6. The van der Waals surface area contributed by atoms with Gasteiger partial charge in [0.15, 0.2) is 24.1 Å². The normalized spacial score (nSPS) is 23.8. The Morgan fingerprint density at radius 1 is 1.37 bits per heavy atom. The first-order valence-corrected chi connectivity index (χ1v) is 9.22. The van der Waals surface area contributed by atoms with Crippen molar-refractivity contribution in [3.8, 4) is 5.75 Å². The van der Waals surface area contributed by atoms with Crippen LogP contribution in [0.4, 0.5) is 13.2 Å². The van der Waals surface area contributed by atoms with E-state index in [1.165, 1.54) is 7.11 Å². The first-order chi connectivity index (χ1) is 14.2. The number of carbonyl (C=O) groups excluding carboxylic acids is 2. The number of ketones is 1. The molecule has 1 aliphatic heterocycles. The molecule has 0 N–H and O–H groups in total. The Bertz CT molecular complexity index is 912. The van der Waals surface area contributed by atoms with Crippen LogP contribution in [-0.4, -0.2) is 37.9 Å². The van der Waals surface area contributed by atoms with E-state index >= 15 is 0 Å². The van der Waals surface area contributed by atoms with Gasteiger partial charge in [-0.1, -0.05) is 13.5 Å². The molecule has 1 saturated heterocycles. The molecule has 0 amide bonds. The van der Waals surface area contributed by atoms with Crippen LogP contribution >= 0.6 is 0 Å². The molecule has 0 saturated carbocycles. The van der Waals surface area contributed by atoms with E-state index < -0.39 is 53.3 Å². The lowest BCUT2D eigenvalue weighted by atomic mass is 9.72. The maximum atomic E-state index is 14.4. The number of rotatable bonds is 7. The number of carbonyl (C=O) groups is 2. The van der Waals surface area contributed by atoms with Crippen LogP contribution < -0.4 is 4.74 Å². The minimum atomic E-state index is -1.24. The highest BCUT2D eigenvalue weighted by molar-refractivity contribution is 6.06. The minimum Gasteiger partial charge on any atom is -0.494 e. The highest BCUT2D eigenvalue weighted by Crippen LogP contribution is 2.46. The van der Waals surface area contributed by atoms with Crippen LogP contribution in [0.3, 0.4) is 0 Å². The van der Waals surface area contributed by atoms with Gasteiger partial charge < -0.3 is 18.9 Å². The van der Waals surface area contributed by atoms with Crippen molar-refractivity contribution in [2.45, 2.75) is 25.4 Å². The van der Waals surface area contributed by atoms with Gasteiger partial charge in [-0.2, -0.15) is 0 Å². The fourth-order valence-corrected chi connectivity index (χ4v) is 3.76. The Morgan fingerprint density at radius 3 is 2.77 bits per heavy atom. The summed E-state index contributed by atoms with van der Waals surface area (Å²) in [6, 6.07) is 1.99. The van der Waals surface area contributed by atoms with Crippen molar-refractivity contribution in [1.82, 2.24) is 0 Å². The summed E-state index contributed by atoms with van der Waals surface area (Å²) >= 11 is 0. The molecule has 6 nitrogen and oxygen atoms in total. The van der Waals surface area contributed by atoms with Crippen molar-refractivity contribution in [1.29, 1.82) is 0 Å². The van der Waals surface area contributed by atoms with E-state index in [-0.39, 0.29) is 36.7 Å². The van der Waals surface area contributed by atoms with Gasteiger partial charge in [-0.25, -0.2) is 13.2 Å². The zero-order valence-corrected chi connectivity index (χ0v) is 16.5. The number of allylic oxidation sites excluding steroid dienone is 1. The van der Waals surface area contributed by atoms with Gasteiger partial charge in [0, 0.05) is 18.6 Å². The van der Waals surface area contributed by atoms with Crippen LogP contribution in [0, 0.1) is 23.5 Å². The zero-order valence-electron chi connectivity index (χ0n) is 16.5. The average Bonchev–Trinajstić information content (AvgIpc) is 3.11. The van der Waals surface area contributed by atoms with Crippen molar-refractivity contribution >= 4 is 11.8 Å². The summed E-state index contributed by atoms with van der Waals surface area (Å²) in [7, 11) is 1.23. The van der Waals surface area contributed by atoms with E-state index in [1.807, 2.05) is 0 Å². The van der Waals surface area contributed by atoms with Gasteiger partial charge in [0.1, 0.15) is 35.5 Å². The molecule has 0 bridgehead atoms. The van der Waals surface area contributed by atoms with Crippen LogP contribution in [0.25, 0.3) is 0 Å². The number of fused-ring (bicyclic) bond motifs is 1. The maximum Gasteiger partial charge on any atom is 0.317 e. The smallest absolute Gasteiger partial charge is 0.317 e. The molecular weight excluding hydrogens is 405 g/mol. The predicted octanol–water partition coefficient (Wildman–Crippen LogP) is 3.39. The molecule has 162 valence electrons. The highest BCUT2D eigenvalue weighted by Gasteiger charge is 2.54. The molecule has 1 aliphatic carbocycles. The first kappa shape index (κ1) is 21.9. The molecule has 1 fully saturated rings. The molecule has 1 aromatic rings. The number of methoxy groups -OCH3 is 1. The molecule has 0 unspecified atom stereocenters. The Labute approximate surface area is 171 Å². The number of ether oxygens (including phenoxy) is 4. The predicted molar refractivity (Wildman–Crippen MR) is 98.0 cm³/mol. The Morgan fingerprint density at radius 2 is 2.10 bits per heavy atom. The molecule has 1 heterocycles. The van der Waals surface area contributed by atoms with Gasteiger partial charge in [0.25, 0.3) is 0 Å². The van der Waals surface area contributed by atoms with Crippen LogP contribution in [0.2, 0.25) is 0 Å². The quantitative estimate of drug-likeness (QED) is 0.492. The van der Waals surface area contributed by atoms with Crippen LogP contribution in [0.5, 0.6) is 5.75 Å². The molecule has 3 atom stereocenters. The van der Waals surface area contributed by atoms with Crippen LogP contribution in [0.1, 0.15) is 18.9 Å². The summed E-state index contributed by atoms with van der Waals surface area (Å²) in [5, 5.41) is 0. The lowest BCUT2D eigenvalue weighted by Gasteiger charge is -2.37. The summed E-state index contributed by atoms with van der Waals surface area (Å²) in [5.41, 5.74) is -1.14. The molecule has 3 rings (SSSR count). The minimum absolute atomic E-state index is 0.0324. The van der Waals surface area contributed by atoms with Gasteiger partial charge >= 0.3 is 5.97 Å². The molecule has 1 aromatic carbocycles. The van der Waals surface area contributed by atoms with Crippen molar-refractivity contribution < 1.29 is 41.7 Å². The van der Waals surface area contributed by atoms with Gasteiger partial charge in [0.2, 0.25) is 0 Å². The number of halogens is 3. The number of hydrogen-bond donors (Lipinski definition) is 0. The lowest BCUT2D eigenvalue weighted by Crippen LogP contribution is -2.47. The summed E-state index contributed by atoms with van der Waals surface area (Å²) in [6.45, 7) is 3.90. The van der Waals surface area contributed by atoms with Crippen molar-refractivity contribution in [3.05, 3.63) is 53.6 Å². The fourth-order valence-electron chi connectivity index (χ4n) is 3.76. The van der Waals surface area contributed by atoms with Crippen LogP contribution in [0.15, 0.2) is 36.4 Å². The summed E-state index contributed by atoms with van der Waals surface area (Å²) in [6.07, 6.45) is 1.05. The first-order valence-electron chi connectivity index (χ1n) is 9.22.